The molecule has 0 amide bonds. The van der Waals surface area contributed by atoms with Gasteiger partial charge < -0.3 is 9.84 Å². The Hall–Kier alpha value is -1.28. The van der Waals surface area contributed by atoms with Crippen molar-refractivity contribution in [3.8, 4) is 5.75 Å². The van der Waals surface area contributed by atoms with Crippen molar-refractivity contribution in [3.05, 3.63) is 41.5 Å². The topological polar surface area (TPSA) is 29.5 Å². The summed E-state index contributed by atoms with van der Waals surface area (Å²) in [5.74, 6) is 1.19. The molecule has 0 radical (unpaired) electrons. The normalized spacial score (nSPS) is 24.7. The van der Waals surface area contributed by atoms with Crippen molar-refractivity contribution in [1.82, 2.24) is 0 Å². The molecule has 0 fully saturated rings. The zero-order valence-corrected chi connectivity index (χ0v) is 11.3. The van der Waals surface area contributed by atoms with Gasteiger partial charge in [0, 0.05) is 5.92 Å². The molecule has 102 valence electrons. The number of para-hydroxylation sites is 1. The lowest BCUT2D eigenvalue weighted by Crippen LogP contribution is -2.32. The van der Waals surface area contributed by atoms with Gasteiger partial charge in [-0.2, -0.15) is 0 Å². The van der Waals surface area contributed by atoms with E-state index >= 15 is 0 Å². The third-order valence-corrected chi connectivity index (χ3v) is 4.31. The van der Waals surface area contributed by atoms with Crippen LogP contribution in [0, 0.1) is 5.92 Å². The van der Waals surface area contributed by atoms with Crippen molar-refractivity contribution >= 4 is 0 Å². The van der Waals surface area contributed by atoms with Crippen LogP contribution in [0.5, 0.6) is 5.75 Å². The number of aliphatic hydroxyl groups excluding tert-OH is 1. The minimum absolute atomic E-state index is 0.208. The molecule has 3 rings (SSSR count). The fourth-order valence-corrected chi connectivity index (χ4v) is 3.17. The van der Waals surface area contributed by atoms with Gasteiger partial charge in [0.1, 0.15) is 5.75 Å². The molecular formula is C17H22O2. The SMILES string of the molecule is OC(C1=CCCCCC1)C1COc2ccccc2C1. The molecule has 2 aliphatic rings. The van der Waals surface area contributed by atoms with Crippen LogP contribution >= 0.6 is 0 Å². The van der Waals surface area contributed by atoms with Crippen molar-refractivity contribution in [2.75, 3.05) is 6.61 Å². The second-order valence-corrected chi connectivity index (χ2v) is 5.71. The average Bonchev–Trinajstić information content (AvgIpc) is 2.75. The predicted octanol–water partition coefficient (Wildman–Crippen LogP) is 3.49. The molecule has 1 aliphatic heterocycles. The lowest BCUT2D eigenvalue weighted by molar-refractivity contribution is 0.0873. The lowest BCUT2D eigenvalue weighted by Gasteiger charge is -2.30. The molecule has 2 unspecified atom stereocenters. The molecule has 1 heterocycles. The number of benzene rings is 1. The van der Waals surface area contributed by atoms with Crippen LogP contribution in [0.4, 0.5) is 0 Å². The van der Waals surface area contributed by atoms with E-state index in [4.69, 9.17) is 4.74 Å². The van der Waals surface area contributed by atoms with E-state index in [-0.39, 0.29) is 12.0 Å². The Bertz CT molecular complexity index is 464. The molecule has 1 aliphatic carbocycles. The number of aliphatic hydroxyl groups is 1. The van der Waals surface area contributed by atoms with E-state index in [2.05, 4.69) is 12.1 Å². The lowest BCUT2D eigenvalue weighted by atomic mass is 9.87. The van der Waals surface area contributed by atoms with Gasteiger partial charge in [0.25, 0.3) is 0 Å². The Balaban J connectivity index is 1.71. The fraction of sp³-hybridized carbons (Fsp3) is 0.529. The molecule has 0 saturated carbocycles. The maximum atomic E-state index is 10.6. The van der Waals surface area contributed by atoms with E-state index in [1.165, 1.54) is 30.4 Å². The van der Waals surface area contributed by atoms with Crippen molar-refractivity contribution in [1.29, 1.82) is 0 Å². The second kappa shape index (κ2) is 5.79. The van der Waals surface area contributed by atoms with Gasteiger partial charge in [0.2, 0.25) is 0 Å². The molecule has 0 spiro atoms. The molecule has 2 nitrogen and oxygen atoms in total. The molecule has 2 atom stereocenters. The summed E-state index contributed by atoms with van der Waals surface area (Å²) in [5.41, 5.74) is 2.47. The summed E-state index contributed by atoms with van der Waals surface area (Å²) in [4.78, 5) is 0. The number of rotatable bonds is 2. The van der Waals surface area contributed by atoms with Crippen molar-refractivity contribution in [2.24, 2.45) is 5.92 Å². The Morgan fingerprint density at radius 1 is 1.16 bits per heavy atom. The molecule has 1 N–H and O–H groups in total. The number of hydrogen-bond donors (Lipinski definition) is 1. The molecular weight excluding hydrogens is 236 g/mol. The summed E-state index contributed by atoms with van der Waals surface area (Å²) >= 11 is 0. The maximum Gasteiger partial charge on any atom is 0.122 e. The van der Waals surface area contributed by atoms with Crippen LogP contribution in [-0.4, -0.2) is 17.8 Å². The zero-order chi connectivity index (χ0) is 13.1. The number of ether oxygens (including phenoxy) is 1. The Kier molecular flexibility index (Phi) is 3.88. The number of hydrogen-bond acceptors (Lipinski definition) is 2. The van der Waals surface area contributed by atoms with E-state index in [0.717, 1.165) is 25.0 Å². The first-order valence-electron chi connectivity index (χ1n) is 7.42. The van der Waals surface area contributed by atoms with Gasteiger partial charge in [0.05, 0.1) is 12.7 Å². The van der Waals surface area contributed by atoms with E-state index in [0.29, 0.717) is 6.61 Å². The number of fused-ring (bicyclic) bond motifs is 1. The van der Waals surface area contributed by atoms with E-state index < -0.39 is 0 Å². The minimum atomic E-state index is -0.327. The zero-order valence-electron chi connectivity index (χ0n) is 11.3. The average molecular weight is 258 g/mol. The van der Waals surface area contributed by atoms with Gasteiger partial charge in [-0.1, -0.05) is 30.7 Å². The van der Waals surface area contributed by atoms with E-state index in [1.807, 2.05) is 18.2 Å². The molecule has 19 heavy (non-hydrogen) atoms. The van der Waals surface area contributed by atoms with Crippen LogP contribution in [-0.2, 0) is 6.42 Å². The third kappa shape index (κ3) is 2.84. The fourth-order valence-electron chi connectivity index (χ4n) is 3.17. The summed E-state index contributed by atoms with van der Waals surface area (Å²) in [6.07, 6.45) is 8.80. The predicted molar refractivity (Wildman–Crippen MR) is 76.3 cm³/mol. The highest BCUT2D eigenvalue weighted by Gasteiger charge is 2.28. The Morgan fingerprint density at radius 2 is 2.05 bits per heavy atom. The second-order valence-electron chi connectivity index (χ2n) is 5.71. The Morgan fingerprint density at radius 3 is 3.00 bits per heavy atom. The van der Waals surface area contributed by atoms with Gasteiger partial charge in [-0.15, -0.1) is 0 Å². The summed E-state index contributed by atoms with van der Waals surface area (Å²) in [5, 5.41) is 10.6. The molecule has 0 aromatic heterocycles. The van der Waals surface area contributed by atoms with Crippen LogP contribution in [0.25, 0.3) is 0 Å². The first-order chi connectivity index (χ1) is 9.34. The summed E-state index contributed by atoms with van der Waals surface area (Å²) in [6, 6.07) is 8.17. The quantitative estimate of drug-likeness (QED) is 0.823. The van der Waals surface area contributed by atoms with Crippen LogP contribution in [0.3, 0.4) is 0 Å². The van der Waals surface area contributed by atoms with Gasteiger partial charge in [0.15, 0.2) is 0 Å². The van der Waals surface area contributed by atoms with Gasteiger partial charge in [-0.3, -0.25) is 0 Å². The third-order valence-electron chi connectivity index (χ3n) is 4.31. The van der Waals surface area contributed by atoms with Gasteiger partial charge in [-0.25, -0.2) is 0 Å². The highest BCUT2D eigenvalue weighted by molar-refractivity contribution is 5.35. The van der Waals surface area contributed by atoms with Crippen LogP contribution in [0.2, 0.25) is 0 Å². The molecule has 1 aromatic carbocycles. The van der Waals surface area contributed by atoms with Crippen LogP contribution < -0.4 is 4.74 Å². The summed E-state index contributed by atoms with van der Waals surface area (Å²) in [7, 11) is 0. The largest absolute Gasteiger partial charge is 0.493 e. The Labute approximate surface area is 115 Å². The van der Waals surface area contributed by atoms with Crippen molar-refractivity contribution < 1.29 is 9.84 Å². The first kappa shape index (κ1) is 12.7. The summed E-state index contributed by atoms with van der Waals surface area (Å²) < 4.78 is 5.79. The van der Waals surface area contributed by atoms with Gasteiger partial charge >= 0.3 is 0 Å². The minimum Gasteiger partial charge on any atom is -0.493 e. The molecule has 1 aromatic rings. The van der Waals surface area contributed by atoms with Crippen LogP contribution in [0.15, 0.2) is 35.9 Å². The van der Waals surface area contributed by atoms with E-state index in [9.17, 15) is 5.11 Å². The first-order valence-corrected chi connectivity index (χ1v) is 7.42. The highest BCUT2D eigenvalue weighted by Crippen LogP contribution is 2.32. The standard InChI is InChI=1S/C17H22O2/c18-17(13-7-3-1-2-4-8-13)15-11-14-9-5-6-10-16(14)19-12-15/h5-7,9-10,15,17-18H,1-4,8,11-12H2. The molecule has 0 saturated heterocycles. The van der Waals surface area contributed by atoms with Crippen molar-refractivity contribution in [3.63, 3.8) is 0 Å². The van der Waals surface area contributed by atoms with Gasteiger partial charge in [-0.05, 0) is 49.3 Å². The highest BCUT2D eigenvalue weighted by atomic mass is 16.5. The molecule has 0 bridgehead atoms. The van der Waals surface area contributed by atoms with E-state index in [1.54, 1.807) is 0 Å². The molecule has 2 heteroatoms. The number of allylic oxidation sites excluding steroid dienone is 1. The summed E-state index contributed by atoms with van der Waals surface area (Å²) in [6.45, 7) is 0.634. The van der Waals surface area contributed by atoms with Crippen molar-refractivity contribution in [2.45, 2.75) is 44.6 Å². The smallest absolute Gasteiger partial charge is 0.122 e. The maximum absolute atomic E-state index is 10.6. The monoisotopic (exact) mass is 258 g/mol. The van der Waals surface area contributed by atoms with Crippen LogP contribution in [0.1, 0.15) is 37.7 Å².